The third-order valence-electron chi connectivity index (χ3n) is 4.74. The number of tetrazole rings is 1. The van der Waals surface area contributed by atoms with Gasteiger partial charge in [-0.3, -0.25) is 4.79 Å². The number of alkyl carbamates (subject to hydrolysis) is 1. The highest BCUT2D eigenvalue weighted by molar-refractivity contribution is 5.85. The standard InChI is InChI=1S/C22H35N7O4.ClH/c1-4-5-9-12-24-21(31)33-14-13-29-19(26-27-28-29)18(25-20(30)22(2,3)23)16-32-15-17-10-7-6-8-11-17;/h6-8,10-11,18H,4-5,9,12-16,23H2,1-3H3,(H,24,31)(H,25,30);1H/t18-;/m1./s1. The average Bonchev–Trinajstić information content (AvgIpc) is 3.24. The van der Waals surface area contributed by atoms with Crippen molar-refractivity contribution in [3.8, 4) is 0 Å². The van der Waals surface area contributed by atoms with Gasteiger partial charge in [0.25, 0.3) is 0 Å². The van der Waals surface area contributed by atoms with Crippen LogP contribution in [0.2, 0.25) is 0 Å². The normalized spacial score (nSPS) is 11.9. The zero-order chi connectivity index (χ0) is 24.1. The van der Waals surface area contributed by atoms with Crippen LogP contribution in [0.25, 0.3) is 0 Å². The lowest BCUT2D eigenvalue weighted by Crippen LogP contribution is -2.51. The summed E-state index contributed by atoms with van der Waals surface area (Å²) in [6, 6.07) is 9.04. The molecule has 2 aromatic rings. The molecule has 0 spiro atoms. The lowest BCUT2D eigenvalue weighted by Gasteiger charge is -2.23. The topological polar surface area (TPSA) is 146 Å². The molecule has 1 heterocycles. The summed E-state index contributed by atoms with van der Waals surface area (Å²) in [5.41, 5.74) is 5.85. The molecule has 0 bridgehead atoms. The number of carbonyl (C=O) groups excluding carboxylic acids is 2. The van der Waals surface area contributed by atoms with Crippen LogP contribution in [-0.4, -0.2) is 57.5 Å². The van der Waals surface area contributed by atoms with Crippen molar-refractivity contribution in [2.75, 3.05) is 19.8 Å². The van der Waals surface area contributed by atoms with E-state index in [1.54, 1.807) is 13.8 Å². The molecule has 0 aliphatic heterocycles. The van der Waals surface area contributed by atoms with Crippen LogP contribution in [0.3, 0.4) is 0 Å². The Bertz CT molecular complexity index is 858. The van der Waals surface area contributed by atoms with Gasteiger partial charge < -0.3 is 25.8 Å². The number of carbonyl (C=O) groups is 2. The van der Waals surface area contributed by atoms with Gasteiger partial charge in [-0.1, -0.05) is 50.1 Å². The zero-order valence-corrected chi connectivity index (χ0v) is 20.8. The van der Waals surface area contributed by atoms with E-state index in [-0.39, 0.29) is 38.1 Å². The number of aromatic nitrogens is 4. The van der Waals surface area contributed by atoms with Crippen LogP contribution in [0.15, 0.2) is 30.3 Å². The van der Waals surface area contributed by atoms with Crippen molar-refractivity contribution in [3.05, 3.63) is 41.7 Å². The van der Waals surface area contributed by atoms with Gasteiger partial charge in [0.15, 0.2) is 5.82 Å². The Morgan fingerprint density at radius 3 is 2.62 bits per heavy atom. The highest BCUT2D eigenvalue weighted by Gasteiger charge is 2.28. The number of hydrogen-bond donors (Lipinski definition) is 3. The molecule has 2 amide bonds. The summed E-state index contributed by atoms with van der Waals surface area (Å²) in [6.07, 6.45) is 2.55. The molecule has 0 aliphatic rings. The number of amides is 2. The molecule has 0 aliphatic carbocycles. The Morgan fingerprint density at radius 2 is 1.94 bits per heavy atom. The van der Waals surface area contributed by atoms with Crippen molar-refractivity contribution >= 4 is 24.4 Å². The number of nitrogens with one attached hydrogen (secondary N) is 2. The van der Waals surface area contributed by atoms with Crippen LogP contribution in [0.5, 0.6) is 0 Å². The van der Waals surface area contributed by atoms with Gasteiger partial charge in [-0.15, -0.1) is 17.5 Å². The Kier molecular flexibility index (Phi) is 13.1. The van der Waals surface area contributed by atoms with E-state index >= 15 is 0 Å². The van der Waals surface area contributed by atoms with E-state index in [0.29, 0.717) is 19.0 Å². The minimum Gasteiger partial charge on any atom is -0.448 e. The van der Waals surface area contributed by atoms with Gasteiger partial charge >= 0.3 is 6.09 Å². The van der Waals surface area contributed by atoms with Gasteiger partial charge in [-0.05, 0) is 36.3 Å². The van der Waals surface area contributed by atoms with Crippen LogP contribution in [0.4, 0.5) is 4.79 Å². The van der Waals surface area contributed by atoms with E-state index in [0.717, 1.165) is 24.8 Å². The highest BCUT2D eigenvalue weighted by Crippen LogP contribution is 2.13. The van der Waals surface area contributed by atoms with Gasteiger partial charge in [0, 0.05) is 6.54 Å². The van der Waals surface area contributed by atoms with E-state index < -0.39 is 17.7 Å². The molecule has 1 atom stereocenters. The number of hydrogen-bond acceptors (Lipinski definition) is 8. The maximum Gasteiger partial charge on any atom is 0.407 e. The summed E-state index contributed by atoms with van der Waals surface area (Å²) in [7, 11) is 0. The quantitative estimate of drug-likeness (QED) is 0.336. The molecular weight excluding hydrogens is 462 g/mol. The molecule has 11 nitrogen and oxygen atoms in total. The highest BCUT2D eigenvalue weighted by atomic mass is 35.5. The summed E-state index contributed by atoms with van der Waals surface area (Å²) >= 11 is 0. The number of rotatable bonds is 14. The Hall–Kier alpha value is -2.76. The van der Waals surface area contributed by atoms with Gasteiger partial charge in [0.05, 0.1) is 25.3 Å². The number of nitrogens with two attached hydrogens (primary N) is 1. The SMILES string of the molecule is CCCCCNC(=O)OCCn1nnnc1[C@@H](COCc1ccccc1)NC(=O)C(C)(C)N.Cl. The third kappa shape index (κ3) is 10.4. The minimum atomic E-state index is -1.09. The van der Waals surface area contributed by atoms with Crippen LogP contribution in [0, 0.1) is 0 Å². The summed E-state index contributed by atoms with van der Waals surface area (Å²) in [5.74, 6) is 0.0145. The van der Waals surface area contributed by atoms with E-state index in [2.05, 4.69) is 33.1 Å². The first kappa shape index (κ1) is 29.3. The fourth-order valence-corrected chi connectivity index (χ4v) is 2.86. The van der Waals surface area contributed by atoms with Crippen molar-refractivity contribution in [1.82, 2.24) is 30.8 Å². The van der Waals surface area contributed by atoms with Crippen molar-refractivity contribution in [2.45, 2.75) is 64.8 Å². The van der Waals surface area contributed by atoms with Crippen LogP contribution >= 0.6 is 12.4 Å². The number of nitrogens with zero attached hydrogens (tertiary/aromatic N) is 4. The van der Waals surface area contributed by atoms with Crippen molar-refractivity contribution < 1.29 is 19.1 Å². The Balaban J connectivity index is 0.00000578. The molecule has 0 radical (unpaired) electrons. The monoisotopic (exact) mass is 497 g/mol. The van der Waals surface area contributed by atoms with Gasteiger partial charge in [0.1, 0.15) is 12.6 Å². The van der Waals surface area contributed by atoms with Crippen LogP contribution in [0.1, 0.15) is 57.5 Å². The van der Waals surface area contributed by atoms with E-state index in [4.69, 9.17) is 15.2 Å². The zero-order valence-electron chi connectivity index (χ0n) is 20.0. The molecule has 1 aromatic carbocycles. The number of benzene rings is 1. The molecule has 1 aromatic heterocycles. The lowest BCUT2D eigenvalue weighted by atomic mass is 10.1. The molecule has 12 heteroatoms. The van der Waals surface area contributed by atoms with E-state index in [1.165, 1.54) is 4.68 Å². The Morgan fingerprint density at radius 1 is 1.21 bits per heavy atom. The largest absolute Gasteiger partial charge is 0.448 e. The predicted octanol–water partition coefficient (Wildman–Crippen LogP) is 2.12. The molecule has 0 saturated carbocycles. The summed E-state index contributed by atoms with van der Waals surface area (Å²) in [6.45, 7) is 6.69. The lowest BCUT2D eigenvalue weighted by molar-refractivity contribution is -0.126. The van der Waals surface area contributed by atoms with Gasteiger partial charge in [0.2, 0.25) is 5.91 Å². The molecular formula is C22H36ClN7O4. The minimum absolute atomic E-state index is 0. The average molecular weight is 498 g/mol. The smallest absolute Gasteiger partial charge is 0.407 e. The Labute approximate surface area is 206 Å². The molecule has 190 valence electrons. The molecule has 34 heavy (non-hydrogen) atoms. The summed E-state index contributed by atoms with van der Waals surface area (Å²) < 4.78 is 12.5. The predicted molar refractivity (Wildman–Crippen MR) is 129 cm³/mol. The maximum atomic E-state index is 12.5. The molecule has 0 saturated heterocycles. The number of unbranched alkanes of at least 4 members (excludes halogenated alkanes) is 2. The fourth-order valence-electron chi connectivity index (χ4n) is 2.86. The van der Waals surface area contributed by atoms with Gasteiger partial charge in [-0.25, -0.2) is 9.48 Å². The fraction of sp³-hybridized carbons (Fsp3) is 0.591. The third-order valence-corrected chi connectivity index (χ3v) is 4.74. The van der Waals surface area contributed by atoms with Crippen molar-refractivity contribution in [3.63, 3.8) is 0 Å². The summed E-state index contributed by atoms with van der Waals surface area (Å²) in [4.78, 5) is 24.3. The second-order valence-electron chi connectivity index (χ2n) is 8.28. The summed E-state index contributed by atoms with van der Waals surface area (Å²) in [5, 5.41) is 17.3. The molecule has 4 N–H and O–H groups in total. The molecule has 2 rings (SSSR count). The molecule has 0 unspecified atom stereocenters. The van der Waals surface area contributed by atoms with E-state index in [1.807, 2.05) is 30.3 Å². The second kappa shape index (κ2) is 15.2. The second-order valence-corrected chi connectivity index (χ2v) is 8.28. The number of ether oxygens (including phenoxy) is 2. The van der Waals surface area contributed by atoms with Crippen molar-refractivity contribution in [2.24, 2.45) is 5.73 Å². The van der Waals surface area contributed by atoms with Crippen LogP contribution < -0.4 is 16.4 Å². The number of halogens is 1. The maximum absolute atomic E-state index is 12.5. The first-order valence-electron chi connectivity index (χ1n) is 11.2. The molecule has 0 fully saturated rings. The van der Waals surface area contributed by atoms with E-state index in [9.17, 15) is 9.59 Å². The first-order chi connectivity index (χ1) is 15.8. The first-order valence-corrected chi connectivity index (χ1v) is 11.2. The van der Waals surface area contributed by atoms with Crippen molar-refractivity contribution in [1.29, 1.82) is 0 Å². The van der Waals surface area contributed by atoms with Crippen LogP contribution in [-0.2, 0) is 27.4 Å². The van der Waals surface area contributed by atoms with Gasteiger partial charge in [-0.2, -0.15) is 0 Å².